The van der Waals surface area contributed by atoms with Crippen LogP contribution in [-0.4, -0.2) is 30.9 Å². The molecule has 0 spiro atoms. The van der Waals surface area contributed by atoms with Crippen LogP contribution in [0.4, 0.5) is 0 Å². The number of amides is 1. The molecular formula is C31H25BrN4O4. The number of rotatable bonds is 8. The number of hydrogen-bond acceptors (Lipinski definition) is 7. The zero-order valence-corrected chi connectivity index (χ0v) is 23.1. The highest BCUT2D eigenvalue weighted by Crippen LogP contribution is 2.36. The first kappa shape index (κ1) is 26.8. The number of esters is 1. The molecule has 1 heterocycles. The van der Waals surface area contributed by atoms with Gasteiger partial charge < -0.3 is 9.47 Å². The summed E-state index contributed by atoms with van der Waals surface area (Å²) in [6.07, 6.45) is 1.83. The number of methoxy groups -OCH3 is 1. The van der Waals surface area contributed by atoms with Crippen LogP contribution in [0.15, 0.2) is 118 Å². The molecule has 40 heavy (non-hydrogen) atoms. The van der Waals surface area contributed by atoms with E-state index in [1.54, 1.807) is 36.4 Å². The molecule has 8 nitrogen and oxygen atoms in total. The molecule has 200 valence electrons. The number of benzene rings is 4. The van der Waals surface area contributed by atoms with E-state index in [2.05, 4.69) is 37.0 Å². The number of nitrogens with zero attached hydrogens (tertiary/aromatic N) is 2. The molecule has 9 heteroatoms. The summed E-state index contributed by atoms with van der Waals surface area (Å²) in [4.78, 5) is 25.6. The van der Waals surface area contributed by atoms with E-state index >= 15 is 0 Å². The van der Waals surface area contributed by atoms with Gasteiger partial charge in [0.25, 0.3) is 5.91 Å². The zero-order valence-electron chi connectivity index (χ0n) is 21.5. The molecule has 0 aromatic heterocycles. The molecule has 1 amide bonds. The lowest BCUT2D eigenvalue weighted by atomic mass is 9.80. The molecule has 0 fully saturated rings. The molecule has 4 aromatic carbocycles. The molecule has 4 aromatic rings. The van der Waals surface area contributed by atoms with E-state index in [0.717, 1.165) is 11.1 Å². The summed E-state index contributed by atoms with van der Waals surface area (Å²) >= 11 is 3.36. The van der Waals surface area contributed by atoms with Crippen molar-refractivity contribution in [3.05, 3.63) is 130 Å². The number of carbonyl (C=O) groups excluding carboxylic acids is 2. The van der Waals surface area contributed by atoms with Gasteiger partial charge in [0.15, 0.2) is 11.5 Å². The molecule has 0 saturated carbocycles. The number of nitrogens with one attached hydrogen (secondary N) is 2. The lowest BCUT2D eigenvalue weighted by Crippen LogP contribution is -2.38. The van der Waals surface area contributed by atoms with E-state index < -0.39 is 17.4 Å². The van der Waals surface area contributed by atoms with Crippen molar-refractivity contribution in [1.82, 2.24) is 10.9 Å². The summed E-state index contributed by atoms with van der Waals surface area (Å²) in [5, 5.41) is 8.48. The molecule has 5 rings (SSSR count). The Bertz CT molecular complexity index is 1550. The molecule has 1 aliphatic heterocycles. The zero-order chi connectivity index (χ0) is 28.0. The quantitative estimate of drug-likeness (QED) is 0.122. The van der Waals surface area contributed by atoms with Gasteiger partial charge in [0.05, 0.1) is 18.9 Å². The van der Waals surface area contributed by atoms with E-state index in [-0.39, 0.29) is 5.75 Å². The molecule has 2 N–H and O–H groups in total. The van der Waals surface area contributed by atoms with E-state index in [1.165, 1.54) is 13.3 Å². The van der Waals surface area contributed by atoms with Gasteiger partial charge in [-0.25, -0.2) is 10.2 Å². The third-order valence-corrected chi connectivity index (χ3v) is 7.16. The van der Waals surface area contributed by atoms with E-state index in [1.807, 2.05) is 66.7 Å². The van der Waals surface area contributed by atoms with Crippen LogP contribution in [-0.2, 0) is 10.3 Å². The minimum Gasteiger partial charge on any atom is -0.493 e. The van der Waals surface area contributed by atoms with Gasteiger partial charge in [-0.3, -0.25) is 10.2 Å². The normalized spacial score (nSPS) is 13.8. The van der Waals surface area contributed by atoms with Gasteiger partial charge in [0.1, 0.15) is 11.3 Å². The summed E-state index contributed by atoms with van der Waals surface area (Å²) in [5.74, 6) is -0.333. The maximum Gasteiger partial charge on any atom is 0.344 e. The second-order valence-corrected chi connectivity index (χ2v) is 9.82. The van der Waals surface area contributed by atoms with Crippen LogP contribution in [0.5, 0.6) is 11.5 Å². The van der Waals surface area contributed by atoms with E-state index in [0.29, 0.717) is 33.5 Å². The molecule has 0 unspecified atom stereocenters. The molecular weight excluding hydrogens is 572 g/mol. The van der Waals surface area contributed by atoms with Gasteiger partial charge in [-0.15, -0.1) is 0 Å². The lowest BCUT2D eigenvalue weighted by Gasteiger charge is -2.30. The van der Waals surface area contributed by atoms with Crippen molar-refractivity contribution >= 4 is 39.7 Å². The van der Waals surface area contributed by atoms with Crippen LogP contribution in [0.25, 0.3) is 0 Å². The summed E-state index contributed by atoms with van der Waals surface area (Å²) in [6.45, 7) is 0. The van der Waals surface area contributed by atoms with Gasteiger partial charge in [-0.2, -0.15) is 10.2 Å². The van der Waals surface area contributed by atoms with Crippen LogP contribution >= 0.6 is 15.9 Å². The topological polar surface area (TPSA) is 101 Å². The largest absolute Gasteiger partial charge is 0.493 e. The van der Waals surface area contributed by atoms with Crippen molar-refractivity contribution in [2.24, 2.45) is 10.2 Å². The Morgan fingerprint density at radius 1 is 0.925 bits per heavy atom. The van der Waals surface area contributed by atoms with E-state index in [4.69, 9.17) is 9.47 Å². The van der Waals surface area contributed by atoms with Crippen molar-refractivity contribution in [3.8, 4) is 11.5 Å². The molecule has 1 aliphatic rings. The Kier molecular flexibility index (Phi) is 8.02. The maximum absolute atomic E-state index is 13.0. The standard InChI is InChI=1S/C31H25BrN4O4/c1-39-28-18-21(16-17-27(28)40-30(38)24-14-8-9-15-25(24)32)20-33-35-29(37)26-19-31(36-34-26,22-10-4-2-5-11-22)23-12-6-3-7-13-23/h2-18,20,36H,19H2,1H3,(H,35,37)/b33-20+. The van der Waals surface area contributed by atoms with Gasteiger partial charge >= 0.3 is 5.97 Å². The van der Waals surface area contributed by atoms with Crippen LogP contribution in [0, 0.1) is 0 Å². The average Bonchev–Trinajstić information content (AvgIpc) is 3.46. The predicted octanol–water partition coefficient (Wildman–Crippen LogP) is 5.42. The SMILES string of the molecule is COc1cc(/C=N/NC(=O)C2=NNC(c3ccccc3)(c3ccccc3)C2)ccc1OC(=O)c1ccccc1Br. The number of halogens is 1. The fourth-order valence-corrected chi connectivity index (χ4v) is 4.88. The first-order valence-corrected chi connectivity index (χ1v) is 13.2. The number of hydrogen-bond donors (Lipinski definition) is 2. The van der Waals surface area contributed by atoms with Crippen molar-refractivity contribution in [2.45, 2.75) is 12.0 Å². The Labute approximate surface area is 239 Å². The fourth-order valence-electron chi connectivity index (χ4n) is 4.43. The Hall–Kier alpha value is -4.76. The van der Waals surface area contributed by atoms with Gasteiger partial charge in [-0.1, -0.05) is 72.8 Å². The molecule has 0 radical (unpaired) electrons. The fraction of sp³-hybridized carbons (Fsp3) is 0.0968. The molecule has 0 saturated heterocycles. The van der Waals surface area contributed by atoms with Gasteiger partial charge in [0, 0.05) is 10.9 Å². The first-order valence-electron chi connectivity index (χ1n) is 12.4. The van der Waals surface area contributed by atoms with Gasteiger partial charge in [-0.05, 0) is 63.0 Å². The maximum atomic E-state index is 13.0. The molecule has 0 aliphatic carbocycles. The summed E-state index contributed by atoms with van der Waals surface area (Å²) in [5.41, 5.74) is 8.47. The van der Waals surface area contributed by atoms with Crippen molar-refractivity contribution in [1.29, 1.82) is 0 Å². The number of ether oxygens (including phenoxy) is 2. The molecule has 0 bridgehead atoms. The van der Waals surface area contributed by atoms with Crippen molar-refractivity contribution in [3.63, 3.8) is 0 Å². The average molecular weight is 597 g/mol. The predicted molar refractivity (Wildman–Crippen MR) is 157 cm³/mol. The third-order valence-electron chi connectivity index (χ3n) is 6.47. The van der Waals surface area contributed by atoms with Crippen LogP contribution < -0.4 is 20.3 Å². The second-order valence-electron chi connectivity index (χ2n) is 8.96. The second kappa shape index (κ2) is 12.0. The van der Waals surface area contributed by atoms with Crippen LogP contribution in [0.1, 0.15) is 33.5 Å². The highest BCUT2D eigenvalue weighted by Gasteiger charge is 2.41. The molecule has 0 atom stereocenters. The highest BCUT2D eigenvalue weighted by atomic mass is 79.9. The third kappa shape index (κ3) is 5.64. The number of hydrazone groups is 2. The van der Waals surface area contributed by atoms with Crippen molar-refractivity contribution < 1.29 is 19.1 Å². The summed E-state index contributed by atoms with van der Waals surface area (Å²) < 4.78 is 11.6. The smallest absolute Gasteiger partial charge is 0.344 e. The highest BCUT2D eigenvalue weighted by molar-refractivity contribution is 9.10. The summed E-state index contributed by atoms with van der Waals surface area (Å²) in [7, 11) is 1.48. The minimum atomic E-state index is -0.658. The first-order chi connectivity index (χ1) is 19.5. The monoisotopic (exact) mass is 596 g/mol. The Morgan fingerprint density at radius 3 is 2.23 bits per heavy atom. The van der Waals surface area contributed by atoms with Crippen LogP contribution in [0.2, 0.25) is 0 Å². The number of carbonyl (C=O) groups is 2. The van der Waals surface area contributed by atoms with E-state index in [9.17, 15) is 9.59 Å². The Morgan fingerprint density at radius 2 is 1.57 bits per heavy atom. The lowest BCUT2D eigenvalue weighted by molar-refractivity contribution is -0.114. The van der Waals surface area contributed by atoms with Crippen molar-refractivity contribution in [2.75, 3.05) is 7.11 Å². The minimum absolute atomic E-state index is 0.258. The van der Waals surface area contributed by atoms with Crippen LogP contribution in [0.3, 0.4) is 0 Å². The Balaban J connectivity index is 1.26. The summed E-state index contributed by atoms with van der Waals surface area (Å²) in [6, 6.07) is 31.8. The van der Waals surface area contributed by atoms with Gasteiger partial charge in [0.2, 0.25) is 0 Å².